The number of likely N-dealkylation sites (tertiary alicyclic amines) is 1. The van der Waals surface area contributed by atoms with E-state index in [-0.39, 0.29) is 5.78 Å². The van der Waals surface area contributed by atoms with Gasteiger partial charge in [-0.3, -0.25) is 9.89 Å². The van der Waals surface area contributed by atoms with Crippen molar-refractivity contribution in [1.82, 2.24) is 20.1 Å². The van der Waals surface area contributed by atoms with Crippen LogP contribution in [0.15, 0.2) is 23.6 Å². The van der Waals surface area contributed by atoms with Gasteiger partial charge in [-0.25, -0.2) is 4.98 Å². The van der Waals surface area contributed by atoms with E-state index in [1.807, 2.05) is 24.4 Å². The predicted octanol–water partition coefficient (Wildman–Crippen LogP) is 3.91. The van der Waals surface area contributed by atoms with Crippen LogP contribution in [0.25, 0.3) is 21.5 Å². The van der Waals surface area contributed by atoms with Crippen LogP contribution in [-0.2, 0) is 0 Å². The van der Waals surface area contributed by atoms with E-state index in [1.165, 1.54) is 6.42 Å². The standard InChI is InChI=1S/C20H22N4OS/c1-11-10-26-20(21-11)12-3-4-17-16(7-12)19(23-22-17)18(25)8-13-5-15-6-14(13)9-24(15)2/h3-4,7,10,13-15H,5-6,8-9H2,1-2H3,(H,22,23). The lowest BCUT2D eigenvalue weighted by Crippen LogP contribution is -2.32. The molecular weight excluding hydrogens is 344 g/mol. The number of aromatic amines is 1. The molecule has 1 saturated heterocycles. The molecule has 3 aromatic rings. The molecule has 1 aliphatic carbocycles. The number of Topliss-reactive ketones (excluding diaryl/α,β-unsaturated/α-hetero) is 1. The van der Waals surface area contributed by atoms with Crippen molar-refractivity contribution in [1.29, 1.82) is 0 Å². The Morgan fingerprint density at radius 3 is 2.96 bits per heavy atom. The number of carbonyl (C=O) groups is 1. The fourth-order valence-electron chi connectivity index (χ4n) is 4.71. The molecule has 2 aliphatic rings. The van der Waals surface area contributed by atoms with Crippen LogP contribution in [0.3, 0.4) is 0 Å². The Morgan fingerprint density at radius 2 is 2.27 bits per heavy atom. The first-order valence-electron chi connectivity index (χ1n) is 9.22. The number of carbonyl (C=O) groups excluding carboxylic acids is 1. The SMILES string of the molecule is Cc1csc(-c2ccc3[nH]nc(C(=O)CC4CC5CC4CN5C)c3c2)n1. The van der Waals surface area contributed by atoms with Crippen LogP contribution < -0.4 is 0 Å². The minimum absolute atomic E-state index is 0.170. The first-order valence-corrected chi connectivity index (χ1v) is 10.1. The summed E-state index contributed by atoms with van der Waals surface area (Å²) in [5.74, 6) is 1.36. The molecule has 1 N–H and O–H groups in total. The molecule has 5 nitrogen and oxygen atoms in total. The molecule has 1 aliphatic heterocycles. The summed E-state index contributed by atoms with van der Waals surface area (Å²) in [6, 6.07) is 6.77. The quantitative estimate of drug-likeness (QED) is 0.711. The first kappa shape index (κ1) is 16.1. The number of nitrogens with zero attached hydrogens (tertiary/aromatic N) is 3. The molecule has 2 aromatic heterocycles. The maximum Gasteiger partial charge on any atom is 0.183 e. The summed E-state index contributed by atoms with van der Waals surface area (Å²) in [5, 5.41) is 11.3. The zero-order valence-electron chi connectivity index (χ0n) is 15.0. The smallest absolute Gasteiger partial charge is 0.183 e. The Kier molecular flexibility index (Phi) is 3.72. The number of hydrogen-bond donors (Lipinski definition) is 1. The second-order valence-corrected chi connectivity index (χ2v) is 8.70. The van der Waals surface area contributed by atoms with Crippen molar-refractivity contribution in [3.8, 4) is 10.6 Å². The van der Waals surface area contributed by atoms with E-state index in [4.69, 9.17) is 0 Å². The molecule has 0 spiro atoms. The number of aromatic nitrogens is 3. The van der Waals surface area contributed by atoms with E-state index in [1.54, 1.807) is 11.3 Å². The predicted molar refractivity (Wildman–Crippen MR) is 104 cm³/mol. The van der Waals surface area contributed by atoms with E-state index in [2.05, 4.69) is 33.2 Å². The molecule has 3 heterocycles. The van der Waals surface area contributed by atoms with Gasteiger partial charge in [-0.15, -0.1) is 11.3 Å². The number of aryl methyl sites for hydroxylation is 1. The Bertz CT molecular complexity index is 989. The summed E-state index contributed by atoms with van der Waals surface area (Å²) in [7, 11) is 2.20. The molecule has 5 rings (SSSR count). The highest BCUT2D eigenvalue weighted by atomic mass is 32.1. The third kappa shape index (κ3) is 2.59. The van der Waals surface area contributed by atoms with Crippen LogP contribution >= 0.6 is 11.3 Å². The molecule has 1 aromatic carbocycles. The fourth-order valence-corrected chi connectivity index (χ4v) is 5.51. The molecule has 2 fully saturated rings. The van der Waals surface area contributed by atoms with Crippen molar-refractivity contribution >= 4 is 28.0 Å². The van der Waals surface area contributed by atoms with Crippen LogP contribution in [0.5, 0.6) is 0 Å². The monoisotopic (exact) mass is 366 g/mol. The topological polar surface area (TPSA) is 61.9 Å². The summed E-state index contributed by atoms with van der Waals surface area (Å²) in [4.78, 5) is 20.0. The van der Waals surface area contributed by atoms with Crippen molar-refractivity contribution in [2.75, 3.05) is 13.6 Å². The van der Waals surface area contributed by atoms with E-state index in [0.717, 1.165) is 40.1 Å². The Balaban J connectivity index is 1.42. The first-order chi connectivity index (χ1) is 12.6. The van der Waals surface area contributed by atoms with Crippen LogP contribution in [0.4, 0.5) is 0 Å². The second kappa shape index (κ2) is 5.99. The number of benzene rings is 1. The van der Waals surface area contributed by atoms with E-state index in [9.17, 15) is 4.79 Å². The minimum Gasteiger partial charge on any atom is -0.303 e. The van der Waals surface area contributed by atoms with Gasteiger partial charge in [0.1, 0.15) is 10.7 Å². The average molecular weight is 366 g/mol. The normalized spacial score (nSPS) is 25.4. The molecule has 2 bridgehead atoms. The third-order valence-electron chi connectivity index (χ3n) is 6.10. The van der Waals surface area contributed by atoms with Gasteiger partial charge < -0.3 is 4.90 Å². The van der Waals surface area contributed by atoms with Crippen molar-refractivity contribution < 1.29 is 4.79 Å². The highest BCUT2D eigenvalue weighted by molar-refractivity contribution is 7.13. The largest absolute Gasteiger partial charge is 0.303 e. The fraction of sp³-hybridized carbons (Fsp3) is 0.450. The maximum absolute atomic E-state index is 13.0. The molecule has 134 valence electrons. The van der Waals surface area contributed by atoms with Crippen LogP contribution in [0.2, 0.25) is 0 Å². The number of rotatable bonds is 4. The van der Waals surface area contributed by atoms with E-state index in [0.29, 0.717) is 30.0 Å². The van der Waals surface area contributed by atoms with Crippen LogP contribution in [0.1, 0.15) is 35.4 Å². The molecule has 3 unspecified atom stereocenters. The van der Waals surface area contributed by atoms with Gasteiger partial charge in [0.15, 0.2) is 5.78 Å². The van der Waals surface area contributed by atoms with Crippen molar-refractivity contribution in [2.24, 2.45) is 11.8 Å². The molecular formula is C20H22N4OS. The van der Waals surface area contributed by atoms with Gasteiger partial charge in [0.2, 0.25) is 0 Å². The minimum atomic E-state index is 0.170. The summed E-state index contributed by atoms with van der Waals surface area (Å²) >= 11 is 1.63. The number of ketones is 1. The number of H-pyrrole nitrogens is 1. The van der Waals surface area contributed by atoms with Gasteiger partial charge in [-0.05, 0) is 56.8 Å². The van der Waals surface area contributed by atoms with Gasteiger partial charge >= 0.3 is 0 Å². The van der Waals surface area contributed by atoms with Crippen molar-refractivity contribution in [3.05, 3.63) is 35.0 Å². The molecule has 26 heavy (non-hydrogen) atoms. The van der Waals surface area contributed by atoms with E-state index < -0.39 is 0 Å². The van der Waals surface area contributed by atoms with Crippen molar-refractivity contribution in [2.45, 2.75) is 32.2 Å². The number of hydrogen-bond acceptors (Lipinski definition) is 5. The summed E-state index contributed by atoms with van der Waals surface area (Å²) in [6.07, 6.45) is 3.03. The molecule has 0 amide bonds. The van der Waals surface area contributed by atoms with Gasteiger partial charge in [-0.2, -0.15) is 5.10 Å². The maximum atomic E-state index is 13.0. The summed E-state index contributed by atoms with van der Waals surface area (Å²) in [5.41, 5.74) is 3.58. The Labute approximate surface area is 156 Å². The van der Waals surface area contributed by atoms with Gasteiger partial charge in [0.25, 0.3) is 0 Å². The third-order valence-corrected chi connectivity index (χ3v) is 7.11. The molecule has 6 heteroatoms. The number of fused-ring (bicyclic) bond motifs is 3. The van der Waals surface area contributed by atoms with Gasteiger partial charge in [0.05, 0.1) is 5.52 Å². The summed E-state index contributed by atoms with van der Waals surface area (Å²) < 4.78 is 0. The molecule has 3 atom stereocenters. The highest BCUT2D eigenvalue weighted by Crippen LogP contribution is 2.43. The molecule has 1 saturated carbocycles. The van der Waals surface area contributed by atoms with Gasteiger partial charge in [0, 0.05) is 41.0 Å². The highest BCUT2D eigenvalue weighted by Gasteiger charge is 2.43. The van der Waals surface area contributed by atoms with E-state index >= 15 is 0 Å². The second-order valence-electron chi connectivity index (χ2n) is 7.84. The lowest BCUT2D eigenvalue weighted by molar-refractivity contribution is 0.0927. The number of thiazole rings is 1. The lowest BCUT2D eigenvalue weighted by Gasteiger charge is -2.27. The Morgan fingerprint density at radius 1 is 1.38 bits per heavy atom. The zero-order chi connectivity index (χ0) is 17.8. The van der Waals surface area contributed by atoms with Crippen LogP contribution in [-0.4, -0.2) is 45.5 Å². The van der Waals surface area contributed by atoms with Crippen molar-refractivity contribution in [3.63, 3.8) is 0 Å². The van der Waals surface area contributed by atoms with Gasteiger partial charge in [-0.1, -0.05) is 0 Å². The Hall–Kier alpha value is -2.05. The summed E-state index contributed by atoms with van der Waals surface area (Å²) in [6.45, 7) is 3.13. The van der Waals surface area contributed by atoms with Crippen LogP contribution in [0, 0.1) is 18.8 Å². The lowest BCUT2D eigenvalue weighted by atomic mass is 9.88. The average Bonchev–Trinajstić information content (AvgIpc) is 3.37. The zero-order valence-corrected chi connectivity index (χ0v) is 15.8. The number of piperidine rings is 1. The number of nitrogens with one attached hydrogen (secondary N) is 1. The molecule has 0 radical (unpaired) electrons.